The van der Waals surface area contributed by atoms with E-state index in [4.69, 9.17) is 0 Å². The summed E-state index contributed by atoms with van der Waals surface area (Å²) < 4.78 is 2.49. The molecular weight excluding hydrogens is 150 g/mol. The highest BCUT2D eigenvalue weighted by Crippen LogP contribution is 2.15. The van der Waals surface area contributed by atoms with Crippen molar-refractivity contribution in [2.45, 2.75) is 26.6 Å². The third-order valence-electron chi connectivity index (χ3n) is 1.90. The van der Waals surface area contributed by atoms with Gasteiger partial charge in [-0.1, -0.05) is 31.8 Å². The second kappa shape index (κ2) is 2.86. The van der Waals surface area contributed by atoms with Crippen molar-refractivity contribution in [1.82, 2.24) is 4.57 Å². The van der Waals surface area contributed by atoms with Gasteiger partial charge in [0.2, 0.25) is 0 Å². The van der Waals surface area contributed by atoms with Gasteiger partial charge in [0.1, 0.15) is 8.24 Å². The second-order valence-electron chi connectivity index (χ2n) is 4.10. The van der Waals surface area contributed by atoms with Crippen molar-refractivity contribution in [3.8, 4) is 0 Å². The minimum atomic E-state index is -1.09. The van der Waals surface area contributed by atoms with Crippen molar-refractivity contribution in [3.05, 3.63) is 23.9 Å². The predicted octanol–water partition coefficient (Wildman–Crippen LogP) is 2.60. The molecule has 0 fully saturated rings. The Balaban J connectivity index is 2.71. The Bertz CT molecular complexity index is 198. The molecule has 0 unspecified atom stereocenters. The van der Waals surface area contributed by atoms with Gasteiger partial charge in [0.05, 0.1) is 0 Å². The smallest absolute Gasteiger partial charge is 0.147 e. The van der Waals surface area contributed by atoms with Crippen molar-refractivity contribution in [1.29, 1.82) is 0 Å². The lowest BCUT2D eigenvalue weighted by atomic mass is 10.2. The Hall–Kier alpha value is -0.503. The van der Waals surface area contributed by atoms with Crippen molar-refractivity contribution in [3.63, 3.8) is 0 Å². The summed E-state index contributed by atoms with van der Waals surface area (Å²) in [4.78, 5) is 0. The van der Waals surface area contributed by atoms with Gasteiger partial charge >= 0.3 is 0 Å². The van der Waals surface area contributed by atoms with Crippen LogP contribution in [-0.2, 0) is 0 Å². The van der Waals surface area contributed by atoms with Crippen molar-refractivity contribution in [2.24, 2.45) is 0 Å². The molecular formula is C9H17NSi. The molecule has 62 valence electrons. The van der Waals surface area contributed by atoms with Crippen LogP contribution in [0.3, 0.4) is 0 Å². The first-order valence-electron chi connectivity index (χ1n) is 4.12. The molecule has 0 saturated carbocycles. The Morgan fingerprint density at radius 3 is 2.36 bits per heavy atom. The average molecular weight is 167 g/mol. The lowest BCUT2D eigenvalue weighted by molar-refractivity contribution is 0.614. The molecule has 0 N–H and O–H groups in total. The van der Waals surface area contributed by atoms with E-state index in [1.807, 2.05) is 0 Å². The van der Waals surface area contributed by atoms with E-state index < -0.39 is 8.24 Å². The molecule has 0 radical (unpaired) electrons. The highest BCUT2D eigenvalue weighted by molar-refractivity contribution is 6.73. The van der Waals surface area contributed by atoms with Crippen molar-refractivity contribution < 1.29 is 0 Å². The van der Waals surface area contributed by atoms with Gasteiger partial charge in [-0.05, 0) is 18.7 Å². The van der Waals surface area contributed by atoms with Gasteiger partial charge in [-0.15, -0.1) is 0 Å². The fourth-order valence-electron chi connectivity index (χ4n) is 1.16. The second-order valence-corrected chi connectivity index (χ2v) is 9.01. The SMILES string of the molecule is CC1=CN([Si](C)(C)C)CC=C1. The number of allylic oxidation sites excluding steroid dienone is 2. The van der Waals surface area contributed by atoms with Crippen LogP contribution in [0.4, 0.5) is 0 Å². The van der Waals surface area contributed by atoms with Crippen LogP contribution < -0.4 is 0 Å². The summed E-state index contributed by atoms with van der Waals surface area (Å²) in [5, 5.41) is 0. The Kier molecular flexibility index (Phi) is 2.23. The summed E-state index contributed by atoms with van der Waals surface area (Å²) >= 11 is 0. The first-order valence-corrected chi connectivity index (χ1v) is 7.56. The number of rotatable bonds is 1. The molecule has 1 aliphatic heterocycles. The van der Waals surface area contributed by atoms with Gasteiger partial charge in [-0.2, -0.15) is 0 Å². The maximum Gasteiger partial charge on any atom is 0.147 e. The fraction of sp³-hybridized carbons (Fsp3) is 0.556. The van der Waals surface area contributed by atoms with Gasteiger partial charge in [-0.25, -0.2) is 0 Å². The van der Waals surface area contributed by atoms with E-state index in [1.54, 1.807) is 0 Å². The third-order valence-corrected chi connectivity index (χ3v) is 3.94. The lowest BCUT2D eigenvalue weighted by Crippen LogP contribution is -2.43. The zero-order chi connectivity index (χ0) is 8.48. The van der Waals surface area contributed by atoms with E-state index >= 15 is 0 Å². The van der Waals surface area contributed by atoms with Gasteiger partial charge in [0.25, 0.3) is 0 Å². The van der Waals surface area contributed by atoms with Gasteiger partial charge < -0.3 is 4.57 Å². The maximum absolute atomic E-state index is 2.49. The normalized spacial score (nSPS) is 18.5. The molecule has 0 aromatic rings. The van der Waals surface area contributed by atoms with Crippen LogP contribution in [0.25, 0.3) is 0 Å². The van der Waals surface area contributed by atoms with E-state index in [2.05, 4.69) is 49.5 Å². The maximum atomic E-state index is 2.49. The molecule has 0 bridgehead atoms. The topological polar surface area (TPSA) is 3.24 Å². The molecule has 1 nitrogen and oxygen atoms in total. The highest BCUT2D eigenvalue weighted by atomic mass is 28.3. The molecule has 0 amide bonds. The van der Waals surface area contributed by atoms with Crippen molar-refractivity contribution in [2.75, 3.05) is 6.54 Å². The molecule has 0 saturated heterocycles. The van der Waals surface area contributed by atoms with Crippen LogP contribution in [0.15, 0.2) is 23.9 Å². The van der Waals surface area contributed by atoms with Crippen LogP contribution in [0, 0.1) is 0 Å². The van der Waals surface area contributed by atoms with Gasteiger partial charge in [0.15, 0.2) is 0 Å². The van der Waals surface area contributed by atoms with Crippen LogP contribution in [-0.4, -0.2) is 19.3 Å². The summed E-state index contributed by atoms with van der Waals surface area (Å²) in [6.45, 7) is 10.4. The largest absolute Gasteiger partial charge is 0.400 e. The third kappa shape index (κ3) is 2.22. The lowest BCUT2D eigenvalue weighted by Gasteiger charge is -2.34. The molecule has 1 rings (SSSR count). The number of hydrogen-bond acceptors (Lipinski definition) is 1. The first-order chi connectivity index (χ1) is 5.00. The predicted molar refractivity (Wildman–Crippen MR) is 52.9 cm³/mol. The molecule has 2 heteroatoms. The Morgan fingerprint density at radius 1 is 1.36 bits per heavy atom. The van der Waals surface area contributed by atoms with E-state index in [1.165, 1.54) is 5.57 Å². The van der Waals surface area contributed by atoms with E-state index in [0.29, 0.717) is 0 Å². The van der Waals surface area contributed by atoms with Crippen molar-refractivity contribution >= 4 is 8.24 Å². The standard InChI is InChI=1S/C9H17NSi/c1-9-6-5-7-10(8-9)11(2,3)4/h5-6,8H,7H2,1-4H3. The van der Waals surface area contributed by atoms with Gasteiger partial charge in [-0.3, -0.25) is 0 Å². The fourth-order valence-corrected chi connectivity index (χ4v) is 2.41. The number of nitrogens with zero attached hydrogens (tertiary/aromatic N) is 1. The summed E-state index contributed by atoms with van der Waals surface area (Å²) in [7, 11) is -1.09. The van der Waals surface area contributed by atoms with Crippen LogP contribution >= 0.6 is 0 Å². The quantitative estimate of drug-likeness (QED) is 0.543. The van der Waals surface area contributed by atoms with E-state index in [0.717, 1.165) is 6.54 Å². The molecule has 0 aromatic carbocycles. The van der Waals surface area contributed by atoms with Crippen LogP contribution in [0.1, 0.15) is 6.92 Å². The molecule has 0 aliphatic carbocycles. The Morgan fingerprint density at radius 2 is 2.00 bits per heavy atom. The summed E-state index contributed by atoms with van der Waals surface area (Å²) in [5.74, 6) is 0. The zero-order valence-electron chi connectivity index (χ0n) is 7.89. The monoisotopic (exact) mass is 167 g/mol. The molecule has 0 aromatic heterocycles. The Labute approximate surface area is 70.5 Å². The summed E-state index contributed by atoms with van der Waals surface area (Å²) in [5.41, 5.74) is 1.37. The summed E-state index contributed by atoms with van der Waals surface area (Å²) in [6.07, 6.45) is 6.72. The first kappa shape index (κ1) is 8.59. The minimum absolute atomic E-state index is 1.09. The average Bonchev–Trinajstić information content (AvgIpc) is 1.86. The molecule has 11 heavy (non-hydrogen) atoms. The van der Waals surface area contributed by atoms with E-state index in [9.17, 15) is 0 Å². The number of hydrogen-bond donors (Lipinski definition) is 0. The van der Waals surface area contributed by atoms with E-state index in [-0.39, 0.29) is 0 Å². The summed E-state index contributed by atoms with van der Waals surface area (Å²) in [6, 6.07) is 0. The molecule has 0 atom stereocenters. The molecule has 1 aliphatic rings. The van der Waals surface area contributed by atoms with Crippen LogP contribution in [0.5, 0.6) is 0 Å². The molecule has 1 heterocycles. The minimum Gasteiger partial charge on any atom is -0.400 e. The molecule has 0 spiro atoms. The highest BCUT2D eigenvalue weighted by Gasteiger charge is 2.20. The van der Waals surface area contributed by atoms with Crippen LogP contribution in [0.2, 0.25) is 19.6 Å². The van der Waals surface area contributed by atoms with Gasteiger partial charge in [0, 0.05) is 6.54 Å². The zero-order valence-corrected chi connectivity index (χ0v) is 8.89.